The Hall–Kier alpha value is -2.41. The number of ether oxygens (including phenoxy) is 2. The van der Waals surface area contributed by atoms with Crippen molar-refractivity contribution in [3.8, 4) is 0 Å². The van der Waals surface area contributed by atoms with Crippen molar-refractivity contribution in [1.82, 2.24) is 4.98 Å². The van der Waals surface area contributed by atoms with Gasteiger partial charge in [0.05, 0.1) is 14.2 Å². The van der Waals surface area contributed by atoms with Crippen molar-refractivity contribution in [1.29, 1.82) is 0 Å². The van der Waals surface area contributed by atoms with Gasteiger partial charge in [0.15, 0.2) is 6.10 Å². The SMILES string of the molecule is COC(=O)c1[nH]c2cc(F)c(C)cc2c1CC(O)C(=O)OC. The van der Waals surface area contributed by atoms with Gasteiger partial charge in [0.2, 0.25) is 0 Å². The fourth-order valence-electron chi connectivity index (χ4n) is 2.28. The van der Waals surface area contributed by atoms with Crippen LogP contribution in [0.4, 0.5) is 4.39 Å². The Morgan fingerprint density at radius 2 is 2.00 bits per heavy atom. The molecule has 1 unspecified atom stereocenters. The van der Waals surface area contributed by atoms with Gasteiger partial charge < -0.3 is 19.6 Å². The van der Waals surface area contributed by atoms with Crippen LogP contribution < -0.4 is 0 Å². The molecule has 2 aromatic rings. The average molecular weight is 309 g/mol. The lowest BCUT2D eigenvalue weighted by molar-refractivity contribution is -0.150. The van der Waals surface area contributed by atoms with E-state index in [0.717, 1.165) is 7.11 Å². The number of aryl methyl sites for hydroxylation is 1. The highest BCUT2D eigenvalue weighted by Gasteiger charge is 2.25. The zero-order chi connectivity index (χ0) is 16.4. The first-order valence-corrected chi connectivity index (χ1v) is 6.54. The molecule has 0 bridgehead atoms. The topological polar surface area (TPSA) is 88.6 Å². The summed E-state index contributed by atoms with van der Waals surface area (Å²) in [6, 6.07) is 2.80. The van der Waals surface area contributed by atoms with Gasteiger partial charge in [-0.3, -0.25) is 0 Å². The normalized spacial score (nSPS) is 12.2. The van der Waals surface area contributed by atoms with Crippen molar-refractivity contribution in [2.24, 2.45) is 0 Å². The third-order valence-electron chi connectivity index (χ3n) is 3.45. The van der Waals surface area contributed by atoms with Gasteiger partial charge in [-0.15, -0.1) is 0 Å². The number of halogens is 1. The molecule has 6 nitrogen and oxygen atoms in total. The number of methoxy groups -OCH3 is 2. The van der Waals surface area contributed by atoms with E-state index in [4.69, 9.17) is 0 Å². The molecule has 1 atom stereocenters. The minimum absolute atomic E-state index is 0.0745. The number of aliphatic hydroxyl groups excluding tert-OH is 1. The zero-order valence-electron chi connectivity index (χ0n) is 12.4. The number of carbonyl (C=O) groups is 2. The molecule has 0 saturated carbocycles. The van der Waals surface area contributed by atoms with Gasteiger partial charge in [-0.2, -0.15) is 0 Å². The van der Waals surface area contributed by atoms with E-state index >= 15 is 0 Å². The van der Waals surface area contributed by atoms with Crippen LogP contribution in [0.1, 0.15) is 21.6 Å². The van der Waals surface area contributed by atoms with Gasteiger partial charge in [0, 0.05) is 17.3 Å². The van der Waals surface area contributed by atoms with E-state index in [1.54, 1.807) is 13.0 Å². The maximum Gasteiger partial charge on any atom is 0.354 e. The number of nitrogens with one attached hydrogen (secondary N) is 1. The number of rotatable bonds is 4. The second-order valence-corrected chi connectivity index (χ2v) is 4.86. The first-order chi connectivity index (χ1) is 10.4. The second-order valence-electron chi connectivity index (χ2n) is 4.86. The quantitative estimate of drug-likeness (QED) is 0.835. The Labute approximate surface area is 125 Å². The van der Waals surface area contributed by atoms with Gasteiger partial charge in [-0.1, -0.05) is 0 Å². The minimum Gasteiger partial charge on any atom is -0.467 e. The maximum atomic E-state index is 13.7. The highest BCUT2D eigenvalue weighted by Crippen LogP contribution is 2.27. The van der Waals surface area contributed by atoms with E-state index in [1.807, 2.05) is 0 Å². The first-order valence-electron chi connectivity index (χ1n) is 6.54. The molecule has 118 valence electrons. The molecule has 1 aromatic carbocycles. The third kappa shape index (κ3) is 2.80. The number of aromatic amines is 1. The van der Waals surface area contributed by atoms with Crippen molar-refractivity contribution < 1.29 is 28.6 Å². The minimum atomic E-state index is -1.43. The van der Waals surface area contributed by atoms with Crippen molar-refractivity contribution in [2.75, 3.05) is 14.2 Å². The summed E-state index contributed by atoms with van der Waals surface area (Å²) in [5, 5.41) is 10.4. The average Bonchev–Trinajstić information content (AvgIpc) is 2.84. The van der Waals surface area contributed by atoms with Crippen LogP contribution in [0.25, 0.3) is 10.9 Å². The number of H-pyrrole nitrogens is 1. The molecule has 7 heteroatoms. The summed E-state index contributed by atoms with van der Waals surface area (Å²) >= 11 is 0. The molecule has 0 radical (unpaired) electrons. The Morgan fingerprint density at radius 3 is 2.59 bits per heavy atom. The summed E-state index contributed by atoms with van der Waals surface area (Å²) < 4.78 is 22.8. The summed E-state index contributed by atoms with van der Waals surface area (Å²) in [6.07, 6.45) is -1.58. The highest BCUT2D eigenvalue weighted by molar-refractivity contribution is 5.99. The van der Waals surface area contributed by atoms with Crippen LogP contribution >= 0.6 is 0 Å². The number of aromatic nitrogens is 1. The number of benzene rings is 1. The second kappa shape index (κ2) is 6.15. The fourth-order valence-corrected chi connectivity index (χ4v) is 2.28. The molecule has 0 spiro atoms. The van der Waals surface area contributed by atoms with Gasteiger partial charge in [0.25, 0.3) is 0 Å². The van der Waals surface area contributed by atoms with E-state index in [1.165, 1.54) is 13.2 Å². The number of hydrogen-bond donors (Lipinski definition) is 2. The van der Waals surface area contributed by atoms with Crippen LogP contribution in [0.5, 0.6) is 0 Å². The lowest BCUT2D eigenvalue weighted by Gasteiger charge is -2.09. The van der Waals surface area contributed by atoms with E-state index in [-0.39, 0.29) is 12.1 Å². The molecule has 0 fully saturated rings. The number of aliphatic hydroxyl groups is 1. The molecular formula is C15H16FNO5. The Balaban J connectivity index is 2.59. The lowest BCUT2D eigenvalue weighted by atomic mass is 10.0. The predicted octanol–water partition coefficient (Wildman–Crippen LogP) is 1.48. The number of fused-ring (bicyclic) bond motifs is 1. The van der Waals surface area contributed by atoms with Crippen molar-refractivity contribution in [3.63, 3.8) is 0 Å². The van der Waals surface area contributed by atoms with Crippen LogP contribution in [-0.2, 0) is 20.7 Å². The summed E-state index contributed by atoms with van der Waals surface area (Å²) in [5.74, 6) is -1.91. The number of hydrogen-bond acceptors (Lipinski definition) is 5. The molecule has 1 heterocycles. The van der Waals surface area contributed by atoms with E-state index in [9.17, 15) is 19.1 Å². The summed E-state index contributed by atoms with van der Waals surface area (Å²) in [7, 11) is 2.36. The summed E-state index contributed by atoms with van der Waals surface area (Å²) in [4.78, 5) is 26.0. The van der Waals surface area contributed by atoms with Crippen LogP contribution in [0, 0.1) is 12.7 Å². The zero-order valence-corrected chi connectivity index (χ0v) is 12.4. The van der Waals surface area contributed by atoms with Gasteiger partial charge in [-0.25, -0.2) is 14.0 Å². The van der Waals surface area contributed by atoms with Crippen molar-refractivity contribution in [2.45, 2.75) is 19.4 Å². The first kappa shape index (κ1) is 16.0. The molecule has 0 amide bonds. The van der Waals surface area contributed by atoms with Crippen LogP contribution in [0.2, 0.25) is 0 Å². The lowest BCUT2D eigenvalue weighted by Crippen LogP contribution is -2.25. The molecular weight excluding hydrogens is 293 g/mol. The fraction of sp³-hybridized carbons (Fsp3) is 0.333. The van der Waals surface area contributed by atoms with Crippen LogP contribution in [0.3, 0.4) is 0 Å². The van der Waals surface area contributed by atoms with E-state index in [2.05, 4.69) is 14.5 Å². The Bertz CT molecular complexity index is 737. The molecule has 1 aromatic heterocycles. The molecule has 2 rings (SSSR count). The van der Waals surface area contributed by atoms with Crippen LogP contribution in [-0.4, -0.2) is 42.4 Å². The van der Waals surface area contributed by atoms with Crippen molar-refractivity contribution >= 4 is 22.8 Å². The van der Waals surface area contributed by atoms with Gasteiger partial charge in [-0.05, 0) is 30.2 Å². The molecule has 0 aliphatic heterocycles. The number of esters is 2. The molecule has 0 saturated heterocycles. The summed E-state index contributed by atoms with van der Waals surface area (Å²) in [5.41, 5.74) is 1.22. The maximum absolute atomic E-state index is 13.7. The monoisotopic (exact) mass is 309 g/mol. The Kier molecular flexibility index (Phi) is 4.46. The van der Waals surface area contributed by atoms with E-state index in [0.29, 0.717) is 22.0 Å². The predicted molar refractivity (Wildman–Crippen MR) is 76.1 cm³/mol. The molecule has 0 aliphatic rings. The van der Waals surface area contributed by atoms with Crippen molar-refractivity contribution in [3.05, 3.63) is 34.8 Å². The largest absolute Gasteiger partial charge is 0.467 e. The van der Waals surface area contributed by atoms with E-state index < -0.39 is 23.9 Å². The number of carbonyl (C=O) groups excluding carboxylic acids is 2. The summed E-state index contributed by atoms with van der Waals surface area (Å²) in [6.45, 7) is 1.58. The molecule has 2 N–H and O–H groups in total. The third-order valence-corrected chi connectivity index (χ3v) is 3.45. The smallest absolute Gasteiger partial charge is 0.354 e. The standard InChI is InChI=1S/C15H16FNO5/c1-7-4-8-9(5-12(18)14(19)21-2)13(15(20)22-3)17-11(8)6-10(7)16/h4,6,12,17-18H,5H2,1-3H3. The molecule has 0 aliphatic carbocycles. The van der Waals surface area contributed by atoms with Gasteiger partial charge in [0.1, 0.15) is 11.5 Å². The Morgan fingerprint density at radius 1 is 1.32 bits per heavy atom. The van der Waals surface area contributed by atoms with Gasteiger partial charge >= 0.3 is 11.9 Å². The highest BCUT2D eigenvalue weighted by atomic mass is 19.1. The molecule has 22 heavy (non-hydrogen) atoms. The van der Waals surface area contributed by atoms with Crippen LogP contribution in [0.15, 0.2) is 12.1 Å².